The fraction of sp³-hybridized carbons (Fsp3) is 0.950. The highest BCUT2D eigenvalue weighted by Gasteiger charge is 2.84. The van der Waals surface area contributed by atoms with Crippen LogP contribution in [0, 0.1) is 56.7 Å². The predicted molar refractivity (Wildman–Crippen MR) is 185 cm³/mol. The maximum atomic E-state index is 12.9. The molecule has 2 spiro atoms. The van der Waals surface area contributed by atoms with Gasteiger partial charge < -0.3 is 34.1 Å². The molecule has 0 aromatic heterocycles. The van der Waals surface area contributed by atoms with E-state index in [2.05, 4.69) is 39.9 Å². The molecule has 15 atom stereocenters. The van der Waals surface area contributed by atoms with Gasteiger partial charge in [0.1, 0.15) is 6.10 Å². The van der Waals surface area contributed by atoms with E-state index in [1.165, 1.54) is 32.1 Å². The summed E-state index contributed by atoms with van der Waals surface area (Å²) in [5.74, 6) is 2.54. The summed E-state index contributed by atoms with van der Waals surface area (Å²) in [4.78, 5) is 25.9. The van der Waals surface area contributed by atoms with Crippen LogP contribution in [0.2, 0.25) is 0 Å². The van der Waals surface area contributed by atoms with Crippen LogP contribution in [0.1, 0.15) is 112 Å². The normalized spacial score (nSPS) is 50.1. The third-order valence-electron chi connectivity index (χ3n) is 16.9. The van der Waals surface area contributed by atoms with Crippen LogP contribution in [0.25, 0.3) is 0 Å². The largest absolute Gasteiger partial charge is 0.446 e. The average Bonchev–Trinajstić information content (AvgIpc) is 3.99. The zero-order chi connectivity index (χ0) is 35.4. The van der Waals surface area contributed by atoms with E-state index in [9.17, 15) is 19.8 Å². The van der Waals surface area contributed by atoms with Crippen molar-refractivity contribution in [2.75, 3.05) is 26.2 Å². The van der Waals surface area contributed by atoms with Crippen LogP contribution in [0.15, 0.2) is 0 Å². The monoisotopic (exact) mass is 700 g/mol. The van der Waals surface area contributed by atoms with Gasteiger partial charge in [-0.15, -0.1) is 0 Å². The van der Waals surface area contributed by atoms with Crippen molar-refractivity contribution in [3.05, 3.63) is 0 Å². The second-order valence-corrected chi connectivity index (χ2v) is 19.4. The summed E-state index contributed by atoms with van der Waals surface area (Å²) in [6, 6.07) is 0. The number of fused-ring (bicyclic) bond motifs is 4. The molecule has 282 valence electrons. The molecule has 0 radical (unpaired) electrons. The summed E-state index contributed by atoms with van der Waals surface area (Å²) < 4.78 is 24.9. The summed E-state index contributed by atoms with van der Waals surface area (Å²) >= 11 is 0. The van der Waals surface area contributed by atoms with Crippen molar-refractivity contribution < 1.29 is 38.7 Å². The number of carbonyl (C=O) groups excluding carboxylic acids is 2. The molecule has 3 N–H and O–H groups in total. The third-order valence-corrected chi connectivity index (χ3v) is 16.9. The number of carbonyl (C=O) groups is 2. The molecule has 2 aliphatic heterocycles. The van der Waals surface area contributed by atoms with Crippen LogP contribution >= 0.6 is 0 Å². The van der Waals surface area contributed by atoms with Crippen molar-refractivity contribution in [3.8, 4) is 0 Å². The van der Waals surface area contributed by atoms with Gasteiger partial charge in [0.05, 0.1) is 37.6 Å². The number of amides is 1. The molecule has 6 aliphatic carbocycles. The molecule has 8 fully saturated rings. The van der Waals surface area contributed by atoms with Gasteiger partial charge >= 0.3 is 0 Å². The molecule has 4 unspecified atom stereocenters. The topological polar surface area (TPSA) is 127 Å². The number of hydrogen-bond donors (Lipinski definition) is 3. The van der Waals surface area contributed by atoms with E-state index in [0.717, 1.165) is 32.1 Å². The van der Waals surface area contributed by atoms with Gasteiger partial charge in [-0.3, -0.25) is 14.9 Å². The first-order chi connectivity index (χ1) is 23.7. The summed E-state index contributed by atoms with van der Waals surface area (Å²) in [5.41, 5.74) is 0.300. The molecule has 2 saturated heterocycles. The summed E-state index contributed by atoms with van der Waals surface area (Å²) in [7, 11) is 0. The minimum Gasteiger partial charge on any atom is -0.446 e. The van der Waals surface area contributed by atoms with Crippen molar-refractivity contribution in [1.82, 2.24) is 10.2 Å². The smallest absolute Gasteiger partial charge is 0.294 e. The number of rotatable bonds is 10. The molecule has 2 heterocycles. The number of aliphatic hydroxyl groups excluding tert-OH is 2. The van der Waals surface area contributed by atoms with E-state index >= 15 is 0 Å². The molecule has 10 nitrogen and oxygen atoms in total. The van der Waals surface area contributed by atoms with Gasteiger partial charge in [0.25, 0.3) is 6.47 Å². The average molecular weight is 701 g/mol. The van der Waals surface area contributed by atoms with Gasteiger partial charge in [0.2, 0.25) is 5.91 Å². The van der Waals surface area contributed by atoms with Gasteiger partial charge in [0.15, 0.2) is 12.5 Å². The van der Waals surface area contributed by atoms with E-state index in [0.29, 0.717) is 68.2 Å². The fourth-order valence-electron chi connectivity index (χ4n) is 14.2. The predicted octanol–water partition coefficient (Wildman–Crippen LogP) is 4.64. The van der Waals surface area contributed by atoms with Gasteiger partial charge in [-0.2, -0.15) is 0 Å². The highest BCUT2D eigenvalue weighted by atomic mass is 16.7. The third kappa shape index (κ3) is 5.14. The van der Waals surface area contributed by atoms with Crippen molar-refractivity contribution in [3.63, 3.8) is 0 Å². The Morgan fingerprint density at radius 1 is 1.06 bits per heavy atom. The zero-order valence-corrected chi connectivity index (χ0v) is 31.4. The first kappa shape index (κ1) is 35.7. The van der Waals surface area contributed by atoms with Gasteiger partial charge in [0, 0.05) is 24.9 Å². The first-order valence-electron chi connectivity index (χ1n) is 20.1. The Morgan fingerprint density at radius 2 is 1.80 bits per heavy atom. The quantitative estimate of drug-likeness (QED) is 0.221. The number of ether oxygens (including phenoxy) is 4. The Bertz CT molecular complexity index is 1320. The van der Waals surface area contributed by atoms with E-state index in [1.54, 1.807) is 6.92 Å². The van der Waals surface area contributed by atoms with Gasteiger partial charge in [-0.05, 0) is 122 Å². The summed E-state index contributed by atoms with van der Waals surface area (Å²) in [6.07, 6.45) is 9.25. The molecule has 6 saturated carbocycles. The minimum atomic E-state index is -0.839. The number of hydrogen-bond acceptors (Lipinski definition) is 9. The molecule has 8 rings (SSSR count). The maximum Gasteiger partial charge on any atom is 0.294 e. The molecule has 1 amide bonds. The minimum absolute atomic E-state index is 0.00432. The molecule has 0 aromatic carbocycles. The van der Waals surface area contributed by atoms with E-state index in [1.807, 2.05) is 4.90 Å². The SMILES string of the molecule is C[C@@H]1CC(CNC(OC=O)[C@@H](C)O)OC2[C@H]1[C@@]1(C)CC[C@@]34C[C@@]35CC[C@H](O[C@H]3CN(C(=O)CC6CC6)CCO3)C(C)(C)[C@@H]5CCC4[C@]1(C)[C@H]2O. The standard InChI is InChI=1S/C40H64N2O8/c1-23-17-26(19-41-35(24(2)44)48-22-43)49-33-32(23)37(5)13-14-40-21-39(40)12-11-29(36(3,4)27(39)9-10-28(40)38(37,6)34(33)46)50-31-20-42(15-16-47-31)30(45)18-25-7-8-25/h22-29,31-35,41,44,46H,7-21H2,1-6H3/t23-,24-,26?,27+,28?,29+,31+,32+,33?,34+,35?,37-,38-,39-,40+/m1/s1. The van der Waals surface area contributed by atoms with E-state index in [-0.39, 0.29) is 58.1 Å². The van der Waals surface area contributed by atoms with Crippen molar-refractivity contribution in [2.24, 2.45) is 56.7 Å². The van der Waals surface area contributed by atoms with E-state index in [4.69, 9.17) is 18.9 Å². The number of nitrogens with one attached hydrogen (secondary N) is 1. The van der Waals surface area contributed by atoms with E-state index < -0.39 is 18.4 Å². The van der Waals surface area contributed by atoms with Crippen LogP contribution < -0.4 is 5.32 Å². The summed E-state index contributed by atoms with van der Waals surface area (Å²) in [5, 5.41) is 25.8. The van der Waals surface area contributed by atoms with Crippen LogP contribution in [-0.2, 0) is 28.5 Å². The first-order valence-corrected chi connectivity index (χ1v) is 20.1. The van der Waals surface area contributed by atoms with Crippen LogP contribution in [-0.4, -0.2) is 96.8 Å². The molecule has 10 heteroatoms. The lowest BCUT2D eigenvalue weighted by Gasteiger charge is -2.64. The second kappa shape index (κ2) is 12.4. The lowest BCUT2D eigenvalue weighted by atomic mass is 9.41. The van der Waals surface area contributed by atoms with Crippen LogP contribution in [0.3, 0.4) is 0 Å². The molecular formula is C40H64N2O8. The Morgan fingerprint density at radius 3 is 2.52 bits per heavy atom. The Hall–Kier alpha value is -1.30. The van der Waals surface area contributed by atoms with Crippen molar-refractivity contribution in [2.45, 2.75) is 155 Å². The van der Waals surface area contributed by atoms with Crippen LogP contribution in [0.4, 0.5) is 0 Å². The lowest BCUT2D eigenvalue weighted by Crippen LogP contribution is -2.60. The highest BCUT2D eigenvalue weighted by molar-refractivity contribution is 5.76. The summed E-state index contributed by atoms with van der Waals surface area (Å²) in [6.45, 7) is 16.3. The van der Waals surface area contributed by atoms with Gasteiger partial charge in [-0.1, -0.05) is 34.6 Å². The highest BCUT2D eigenvalue weighted by Crippen LogP contribution is 2.89. The Balaban J connectivity index is 0.971. The second-order valence-electron chi connectivity index (χ2n) is 19.4. The lowest BCUT2D eigenvalue weighted by molar-refractivity contribution is -0.248. The zero-order valence-electron chi connectivity index (χ0n) is 31.4. The molecule has 0 bridgehead atoms. The number of nitrogens with zero attached hydrogens (tertiary/aromatic N) is 1. The van der Waals surface area contributed by atoms with Crippen molar-refractivity contribution >= 4 is 12.4 Å². The van der Waals surface area contributed by atoms with Gasteiger partial charge in [-0.25, -0.2) is 0 Å². The number of aliphatic hydroxyl groups is 2. The molecular weight excluding hydrogens is 636 g/mol. The van der Waals surface area contributed by atoms with Crippen molar-refractivity contribution in [1.29, 1.82) is 0 Å². The fourth-order valence-corrected chi connectivity index (χ4v) is 14.2. The van der Waals surface area contributed by atoms with Crippen LogP contribution in [0.5, 0.6) is 0 Å². The number of morpholine rings is 1. The molecule has 50 heavy (non-hydrogen) atoms. The Labute approximate surface area is 299 Å². The maximum absolute atomic E-state index is 12.9. The Kier molecular flexibility index (Phi) is 8.84. The molecule has 0 aromatic rings. The molecule has 8 aliphatic rings.